The first-order valence-electron chi connectivity index (χ1n) is 7.73. The van der Waals surface area contributed by atoms with Crippen molar-refractivity contribution in [3.63, 3.8) is 0 Å². The van der Waals surface area contributed by atoms with Crippen molar-refractivity contribution < 1.29 is 19.1 Å². The maximum absolute atomic E-state index is 12.1. The molecule has 8 heteroatoms. The zero-order valence-corrected chi connectivity index (χ0v) is 17.2. The van der Waals surface area contributed by atoms with Gasteiger partial charge in [0.05, 0.1) is 29.2 Å². The largest absolute Gasteiger partial charge is 0.506 e. The van der Waals surface area contributed by atoms with E-state index >= 15 is 0 Å². The number of aliphatic imine (C=N–C) groups is 1. The van der Waals surface area contributed by atoms with Gasteiger partial charge in [-0.1, -0.05) is 15.9 Å². The molecular weight excluding hydrogens is 480 g/mol. The second kappa shape index (κ2) is 8.41. The highest BCUT2D eigenvalue weighted by molar-refractivity contribution is 9.11. The van der Waals surface area contributed by atoms with Gasteiger partial charge in [-0.3, -0.25) is 9.79 Å². The third-order valence-corrected chi connectivity index (χ3v) is 4.65. The molecule has 2 aromatic carbocycles. The van der Waals surface area contributed by atoms with Crippen LogP contribution in [0.4, 0.5) is 11.4 Å². The van der Waals surface area contributed by atoms with E-state index in [9.17, 15) is 9.90 Å². The Labute approximate surface area is 172 Å². The van der Waals surface area contributed by atoms with Crippen molar-refractivity contribution in [3.8, 4) is 11.5 Å². The highest BCUT2D eigenvalue weighted by Gasteiger charge is 2.12. The number of benzene rings is 2. The van der Waals surface area contributed by atoms with Crippen molar-refractivity contribution in [1.29, 1.82) is 0 Å². The Balaban J connectivity index is 1.83. The van der Waals surface area contributed by atoms with Crippen LogP contribution in [0.1, 0.15) is 16.1 Å². The van der Waals surface area contributed by atoms with E-state index in [1.54, 1.807) is 48.7 Å². The van der Waals surface area contributed by atoms with E-state index in [1.807, 2.05) is 0 Å². The highest BCUT2D eigenvalue weighted by Crippen LogP contribution is 2.32. The summed E-state index contributed by atoms with van der Waals surface area (Å²) in [5, 5.41) is 12.8. The van der Waals surface area contributed by atoms with Crippen LogP contribution in [0.15, 0.2) is 67.1 Å². The fourth-order valence-electron chi connectivity index (χ4n) is 2.28. The molecule has 6 nitrogen and oxygen atoms in total. The van der Waals surface area contributed by atoms with Gasteiger partial charge in [-0.05, 0) is 52.3 Å². The molecule has 0 saturated carbocycles. The number of phenols is 1. The normalized spacial score (nSPS) is 10.9. The summed E-state index contributed by atoms with van der Waals surface area (Å²) in [6.45, 7) is 0. The number of hydrogen-bond donors (Lipinski definition) is 2. The Morgan fingerprint density at radius 1 is 1.26 bits per heavy atom. The topological polar surface area (TPSA) is 84.1 Å². The number of halogens is 2. The molecule has 0 radical (unpaired) electrons. The van der Waals surface area contributed by atoms with Crippen molar-refractivity contribution in [2.75, 3.05) is 12.4 Å². The summed E-state index contributed by atoms with van der Waals surface area (Å²) in [7, 11) is 1.50. The predicted octanol–water partition coefficient (Wildman–Crippen LogP) is 5.52. The van der Waals surface area contributed by atoms with Gasteiger partial charge in [0.2, 0.25) is 0 Å². The van der Waals surface area contributed by atoms with Gasteiger partial charge < -0.3 is 19.6 Å². The summed E-state index contributed by atoms with van der Waals surface area (Å²) in [6, 6.07) is 11.8. The third kappa shape index (κ3) is 4.58. The van der Waals surface area contributed by atoms with Gasteiger partial charge in [-0.15, -0.1) is 0 Å². The first-order chi connectivity index (χ1) is 13.0. The summed E-state index contributed by atoms with van der Waals surface area (Å²) in [6.07, 6.45) is 2.97. The zero-order chi connectivity index (χ0) is 19.4. The number of furan rings is 1. The molecule has 2 N–H and O–H groups in total. The number of hydrogen-bond acceptors (Lipinski definition) is 5. The highest BCUT2D eigenvalue weighted by atomic mass is 79.9. The third-order valence-electron chi connectivity index (χ3n) is 3.59. The average molecular weight is 494 g/mol. The zero-order valence-electron chi connectivity index (χ0n) is 14.1. The van der Waals surface area contributed by atoms with Gasteiger partial charge in [0.15, 0.2) is 5.76 Å². The van der Waals surface area contributed by atoms with Crippen LogP contribution in [-0.4, -0.2) is 24.3 Å². The molecule has 0 spiro atoms. The lowest BCUT2D eigenvalue weighted by Gasteiger charge is -2.10. The molecule has 0 aliphatic carbocycles. The summed E-state index contributed by atoms with van der Waals surface area (Å²) in [4.78, 5) is 16.5. The van der Waals surface area contributed by atoms with E-state index in [2.05, 4.69) is 42.2 Å². The fourth-order valence-corrected chi connectivity index (χ4v) is 3.54. The number of carbonyl (C=O) groups is 1. The van der Waals surface area contributed by atoms with Gasteiger partial charge >= 0.3 is 0 Å². The van der Waals surface area contributed by atoms with E-state index in [0.29, 0.717) is 27.2 Å². The van der Waals surface area contributed by atoms with Crippen LogP contribution in [0.3, 0.4) is 0 Å². The molecule has 1 aromatic heterocycles. The Hall–Kier alpha value is -2.58. The van der Waals surface area contributed by atoms with Crippen LogP contribution >= 0.6 is 31.9 Å². The molecule has 0 bridgehead atoms. The minimum atomic E-state index is -0.376. The monoisotopic (exact) mass is 492 g/mol. The molecule has 1 amide bonds. The quantitative estimate of drug-likeness (QED) is 0.458. The second-order valence-corrected chi connectivity index (χ2v) is 7.17. The molecule has 3 aromatic rings. The number of ether oxygens (including phenoxy) is 1. The van der Waals surface area contributed by atoms with Crippen LogP contribution in [0.5, 0.6) is 11.5 Å². The van der Waals surface area contributed by atoms with Crippen LogP contribution in [0, 0.1) is 0 Å². The van der Waals surface area contributed by atoms with E-state index < -0.39 is 0 Å². The number of nitrogens with zero attached hydrogens (tertiary/aromatic N) is 1. The van der Waals surface area contributed by atoms with Crippen molar-refractivity contribution in [1.82, 2.24) is 0 Å². The lowest BCUT2D eigenvalue weighted by Crippen LogP contribution is -2.11. The molecule has 0 aliphatic heterocycles. The fraction of sp³-hybridized carbons (Fsp3) is 0.0526. The van der Waals surface area contributed by atoms with Crippen molar-refractivity contribution >= 4 is 55.4 Å². The molecular formula is C19H14Br2N2O4. The number of anilines is 1. The molecule has 27 heavy (non-hydrogen) atoms. The standard InChI is InChI=1S/C19H14Br2N2O4/c1-26-17-9-13(22-10-11-7-12(20)8-14(21)18(11)24)4-5-15(17)23-19(25)16-3-2-6-27-16/h2-10,24H,1H3,(H,23,25). The summed E-state index contributed by atoms with van der Waals surface area (Å²) < 4.78 is 11.8. The maximum atomic E-state index is 12.1. The lowest BCUT2D eigenvalue weighted by atomic mass is 10.2. The molecule has 138 valence electrons. The molecule has 0 saturated heterocycles. The summed E-state index contributed by atoms with van der Waals surface area (Å²) in [5.74, 6) is 0.369. The number of nitrogens with one attached hydrogen (secondary N) is 1. The van der Waals surface area contributed by atoms with Gasteiger partial charge in [0, 0.05) is 22.3 Å². The SMILES string of the molecule is COc1cc(N=Cc2cc(Br)cc(Br)c2O)ccc1NC(=O)c1ccco1. The second-order valence-electron chi connectivity index (χ2n) is 5.40. The van der Waals surface area contributed by atoms with E-state index in [1.165, 1.54) is 13.4 Å². The van der Waals surface area contributed by atoms with Gasteiger partial charge in [-0.25, -0.2) is 0 Å². The molecule has 3 rings (SSSR count). The Kier molecular flexibility index (Phi) is 5.98. The minimum absolute atomic E-state index is 0.0937. The summed E-state index contributed by atoms with van der Waals surface area (Å²) in [5.41, 5.74) is 1.63. The molecule has 0 fully saturated rings. The van der Waals surface area contributed by atoms with Gasteiger partial charge in [0.25, 0.3) is 5.91 Å². The number of aromatic hydroxyl groups is 1. The van der Waals surface area contributed by atoms with E-state index in [4.69, 9.17) is 9.15 Å². The molecule has 0 aliphatic rings. The van der Waals surface area contributed by atoms with E-state index in [0.717, 1.165) is 4.47 Å². The lowest BCUT2D eigenvalue weighted by molar-refractivity contribution is 0.0996. The molecule has 0 atom stereocenters. The van der Waals surface area contributed by atoms with Gasteiger partial charge in [0.1, 0.15) is 11.5 Å². The average Bonchev–Trinajstić information content (AvgIpc) is 3.19. The first-order valence-corrected chi connectivity index (χ1v) is 9.31. The smallest absolute Gasteiger partial charge is 0.291 e. The number of phenolic OH excluding ortho intramolecular Hbond substituents is 1. The summed E-state index contributed by atoms with van der Waals surface area (Å²) >= 11 is 6.66. The molecule has 1 heterocycles. The Morgan fingerprint density at radius 3 is 2.78 bits per heavy atom. The minimum Gasteiger partial charge on any atom is -0.506 e. The molecule has 0 unspecified atom stereocenters. The van der Waals surface area contributed by atoms with Crippen LogP contribution in [0.2, 0.25) is 0 Å². The number of methoxy groups -OCH3 is 1. The Bertz CT molecular complexity index is 1000. The van der Waals surface area contributed by atoms with Crippen LogP contribution < -0.4 is 10.1 Å². The van der Waals surface area contributed by atoms with Crippen LogP contribution in [-0.2, 0) is 0 Å². The van der Waals surface area contributed by atoms with Crippen LogP contribution in [0.25, 0.3) is 0 Å². The number of rotatable bonds is 5. The van der Waals surface area contributed by atoms with Crippen molar-refractivity contribution in [2.24, 2.45) is 4.99 Å². The van der Waals surface area contributed by atoms with E-state index in [-0.39, 0.29) is 17.4 Å². The van der Waals surface area contributed by atoms with Crippen molar-refractivity contribution in [2.45, 2.75) is 0 Å². The first kappa shape index (κ1) is 19.2. The number of carbonyl (C=O) groups excluding carboxylic acids is 1. The predicted molar refractivity (Wildman–Crippen MR) is 110 cm³/mol. The maximum Gasteiger partial charge on any atom is 0.291 e. The number of amides is 1. The Morgan fingerprint density at radius 2 is 2.07 bits per heavy atom. The van der Waals surface area contributed by atoms with Crippen molar-refractivity contribution in [3.05, 3.63) is 69.0 Å². The van der Waals surface area contributed by atoms with Gasteiger partial charge in [-0.2, -0.15) is 0 Å².